The number of primary amides is 2. The van der Waals surface area contributed by atoms with Crippen molar-refractivity contribution in [3.8, 4) is 0 Å². The van der Waals surface area contributed by atoms with Crippen molar-refractivity contribution in [1.29, 1.82) is 0 Å². The Morgan fingerprint density at radius 1 is 0.824 bits per heavy atom. The van der Waals surface area contributed by atoms with Gasteiger partial charge in [-0.25, -0.2) is 4.79 Å². The maximum atomic E-state index is 12.7. The Kier molecular flexibility index (Phi) is 14.5. The van der Waals surface area contributed by atoms with E-state index in [0.29, 0.717) is 5.75 Å². The summed E-state index contributed by atoms with van der Waals surface area (Å²) in [5, 5.41) is 26.1. The van der Waals surface area contributed by atoms with Gasteiger partial charge in [-0.3, -0.25) is 24.0 Å². The molecule has 0 heterocycles. The number of amides is 5. The molecular formula is C19H34N6O8S. The first-order valence-corrected chi connectivity index (χ1v) is 11.8. The summed E-state index contributed by atoms with van der Waals surface area (Å²) in [6.45, 7) is 1.21. The predicted octanol–water partition coefficient (Wildman–Crippen LogP) is -3.48. The van der Waals surface area contributed by atoms with Gasteiger partial charge in [0.2, 0.25) is 29.5 Å². The van der Waals surface area contributed by atoms with Crippen molar-refractivity contribution in [3.63, 3.8) is 0 Å². The van der Waals surface area contributed by atoms with E-state index >= 15 is 0 Å². The summed E-state index contributed by atoms with van der Waals surface area (Å²) in [7, 11) is 0. The van der Waals surface area contributed by atoms with Crippen molar-refractivity contribution >= 4 is 47.3 Å². The number of carboxylic acids is 1. The SMILES string of the molecule is CSCCC(NC(=O)C(CCC(N)=O)NC(=O)C(NC(=O)C(N)CCC(N)=O)C(C)O)C(=O)O. The molecule has 0 aliphatic carbocycles. The summed E-state index contributed by atoms with van der Waals surface area (Å²) in [4.78, 5) is 71.1. The first-order chi connectivity index (χ1) is 15.8. The number of thioether (sulfide) groups is 1. The number of aliphatic hydroxyl groups excluding tert-OH is 1. The fourth-order valence-corrected chi connectivity index (χ4v) is 3.15. The highest BCUT2D eigenvalue weighted by Crippen LogP contribution is 2.05. The van der Waals surface area contributed by atoms with Gasteiger partial charge < -0.3 is 43.4 Å². The minimum atomic E-state index is -1.54. The molecule has 5 amide bonds. The Bertz CT molecular complexity index is 750. The van der Waals surface area contributed by atoms with E-state index in [2.05, 4.69) is 16.0 Å². The van der Waals surface area contributed by atoms with E-state index in [0.717, 1.165) is 0 Å². The Hall–Kier alpha value is -2.91. The summed E-state index contributed by atoms with van der Waals surface area (Å²) in [6, 6.07) is -5.34. The molecule has 0 saturated carbocycles. The number of rotatable bonds is 17. The van der Waals surface area contributed by atoms with Crippen LogP contribution < -0.4 is 33.2 Å². The zero-order chi connectivity index (χ0) is 26.4. The quantitative estimate of drug-likeness (QED) is 0.0965. The van der Waals surface area contributed by atoms with Crippen LogP contribution in [0.15, 0.2) is 0 Å². The number of aliphatic hydroxyl groups is 1. The van der Waals surface area contributed by atoms with Gasteiger partial charge in [-0.05, 0) is 38.2 Å². The fourth-order valence-electron chi connectivity index (χ4n) is 2.68. The van der Waals surface area contributed by atoms with Crippen LogP contribution in [0.5, 0.6) is 0 Å². The maximum Gasteiger partial charge on any atom is 0.326 e. The predicted molar refractivity (Wildman–Crippen MR) is 123 cm³/mol. The number of nitrogens with one attached hydrogen (secondary N) is 3. The van der Waals surface area contributed by atoms with Crippen molar-refractivity contribution < 1.29 is 39.0 Å². The molecule has 0 spiro atoms. The second-order valence-corrected chi connectivity index (χ2v) is 8.57. The summed E-state index contributed by atoms with van der Waals surface area (Å²) >= 11 is 1.38. The lowest BCUT2D eigenvalue weighted by Crippen LogP contribution is -2.59. The van der Waals surface area contributed by atoms with Crippen LogP contribution in [-0.2, 0) is 28.8 Å². The van der Waals surface area contributed by atoms with Crippen molar-refractivity contribution in [1.82, 2.24) is 16.0 Å². The summed E-state index contributed by atoms with van der Waals surface area (Å²) in [5.41, 5.74) is 15.8. The molecule has 0 aromatic carbocycles. The molecule has 0 fully saturated rings. The second kappa shape index (κ2) is 15.8. The van der Waals surface area contributed by atoms with Crippen molar-refractivity contribution in [3.05, 3.63) is 0 Å². The first kappa shape index (κ1) is 31.1. The Morgan fingerprint density at radius 2 is 1.35 bits per heavy atom. The van der Waals surface area contributed by atoms with Gasteiger partial charge in [-0.15, -0.1) is 0 Å². The van der Waals surface area contributed by atoms with E-state index in [1.165, 1.54) is 18.7 Å². The summed E-state index contributed by atoms with van der Waals surface area (Å²) in [5.74, 6) is -4.96. The highest BCUT2D eigenvalue weighted by atomic mass is 32.2. The van der Waals surface area contributed by atoms with Crippen LogP contribution in [-0.4, -0.2) is 88.0 Å². The third kappa shape index (κ3) is 12.4. The molecule has 0 bridgehead atoms. The zero-order valence-corrected chi connectivity index (χ0v) is 19.9. The summed E-state index contributed by atoms with van der Waals surface area (Å²) < 4.78 is 0. The number of hydrogen-bond donors (Lipinski definition) is 8. The lowest BCUT2D eigenvalue weighted by atomic mass is 10.1. The van der Waals surface area contributed by atoms with Gasteiger partial charge in [0.15, 0.2) is 0 Å². The van der Waals surface area contributed by atoms with Crippen LogP contribution in [0.25, 0.3) is 0 Å². The van der Waals surface area contributed by atoms with Gasteiger partial charge in [0, 0.05) is 12.8 Å². The van der Waals surface area contributed by atoms with Crippen LogP contribution in [0.2, 0.25) is 0 Å². The van der Waals surface area contributed by atoms with E-state index < -0.39 is 65.8 Å². The molecule has 0 rings (SSSR count). The van der Waals surface area contributed by atoms with Gasteiger partial charge in [0.05, 0.1) is 12.1 Å². The standard InChI is InChI=1S/C19H34N6O8S/c1-9(26)15(25-16(29)10(20)3-5-13(21)27)18(31)23-11(4-6-14(22)28)17(30)24-12(19(32)33)7-8-34-2/h9-12,15,26H,3-8,20H2,1-2H3,(H2,21,27)(H2,22,28)(H,23,31)(H,24,30)(H,25,29)(H,32,33). The first-order valence-electron chi connectivity index (χ1n) is 10.4. The lowest BCUT2D eigenvalue weighted by molar-refractivity contribution is -0.142. The monoisotopic (exact) mass is 506 g/mol. The Morgan fingerprint density at radius 3 is 1.82 bits per heavy atom. The average molecular weight is 507 g/mol. The molecule has 5 atom stereocenters. The van der Waals surface area contributed by atoms with Crippen molar-refractivity contribution in [2.45, 2.75) is 69.3 Å². The van der Waals surface area contributed by atoms with E-state index in [9.17, 15) is 39.0 Å². The minimum absolute atomic E-state index is 0.0917. The molecule has 0 aliphatic heterocycles. The lowest BCUT2D eigenvalue weighted by Gasteiger charge is -2.26. The number of aliphatic carboxylic acids is 1. The van der Waals surface area contributed by atoms with Gasteiger partial charge in [-0.1, -0.05) is 0 Å². The number of nitrogens with two attached hydrogens (primary N) is 3. The van der Waals surface area contributed by atoms with Crippen molar-refractivity contribution in [2.75, 3.05) is 12.0 Å². The summed E-state index contributed by atoms with van der Waals surface area (Å²) in [6.07, 6.45) is -0.344. The minimum Gasteiger partial charge on any atom is -0.480 e. The van der Waals surface area contributed by atoms with E-state index in [4.69, 9.17) is 17.2 Å². The molecule has 15 heteroatoms. The zero-order valence-electron chi connectivity index (χ0n) is 19.1. The molecular weight excluding hydrogens is 472 g/mol. The third-order valence-electron chi connectivity index (χ3n) is 4.64. The molecule has 34 heavy (non-hydrogen) atoms. The Labute approximate surface area is 201 Å². The van der Waals surface area contributed by atoms with Gasteiger partial charge in [-0.2, -0.15) is 11.8 Å². The molecule has 0 radical (unpaired) electrons. The normalized spacial score (nSPS) is 15.2. The highest BCUT2D eigenvalue weighted by Gasteiger charge is 2.32. The van der Waals surface area contributed by atoms with Crippen LogP contribution in [0.1, 0.15) is 39.0 Å². The van der Waals surface area contributed by atoms with Gasteiger partial charge in [0.25, 0.3) is 0 Å². The topological polar surface area (TPSA) is 257 Å². The molecule has 14 nitrogen and oxygen atoms in total. The van der Waals surface area contributed by atoms with Gasteiger partial charge >= 0.3 is 5.97 Å². The maximum absolute atomic E-state index is 12.7. The molecule has 0 aliphatic rings. The molecule has 0 aromatic heterocycles. The van der Waals surface area contributed by atoms with Crippen molar-refractivity contribution in [2.24, 2.45) is 17.2 Å². The largest absolute Gasteiger partial charge is 0.480 e. The van der Waals surface area contributed by atoms with Crippen LogP contribution in [0.3, 0.4) is 0 Å². The molecule has 0 aromatic rings. The van der Waals surface area contributed by atoms with Crippen LogP contribution in [0, 0.1) is 0 Å². The second-order valence-electron chi connectivity index (χ2n) is 7.59. The van der Waals surface area contributed by atoms with Gasteiger partial charge in [0.1, 0.15) is 18.1 Å². The Balaban J connectivity index is 5.43. The molecule has 5 unspecified atom stereocenters. The average Bonchev–Trinajstić information content (AvgIpc) is 2.74. The fraction of sp³-hybridized carbons (Fsp3) is 0.684. The van der Waals surface area contributed by atoms with Crippen LogP contribution in [0.4, 0.5) is 0 Å². The smallest absolute Gasteiger partial charge is 0.326 e. The van der Waals surface area contributed by atoms with E-state index in [-0.39, 0.29) is 32.1 Å². The highest BCUT2D eigenvalue weighted by molar-refractivity contribution is 7.98. The number of hydrogen-bond acceptors (Lipinski definition) is 9. The molecule has 194 valence electrons. The molecule has 0 saturated heterocycles. The third-order valence-corrected chi connectivity index (χ3v) is 5.28. The number of carbonyl (C=O) groups excluding carboxylic acids is 5. The van der Waals surface area contributed by atoms with Crippen LogP contribution >= 0.6 is 11.8 Å². The van der Waals surface area contributed by atoms with E-state index in [1.807, 2.05) is 0 Å². The van der Waals surface area contributed by atoms with E-state index in [1.54, 1.807) is 6.26 Å². The molecule has 11 N–H and O–H groups in total. The number of carboxylic acid groups (broad SMARTS) is 1. The number of carbonyl (C=O) groups is 6.